The molecular formula is C19H25ClN4O4. The SMILES string of the molecule is COC1(C(=O)Nc2ccc(OCc3noc(C4CC4)n3)cc2)CCNCC1.Cl. The van der Waals surface area contributed by atoms with Gasteiger partial charge in [0, 0.05) is 18.7 Å². The van der Waals surface area contributed by atoms with Crippen molar-refractivity contribution in [3.63, 3.8) is 0 Å². The molecule has 1 saturated heterocycles. The summed E-state index contributed by atoms with van der Waals surface area (Å²) in [5, 5.41) is 10.1. The Labute approximate surface area is 169 Å². The van der Waals surface area contributed by atoms with Crippen LogP contribution in [0.1, 0.15) is 43.3 Å². The lowest BCUT2D eigenvalue weighted by Crippen LogP contribution is -2.51. The van der Waals surface area contributed by atoms with E-state index in [2.05, 4.69) is 20.8 Å². The number of amides is 1. The van der Waals surface area contributed by atoms with Crippen LogP contribution in [-0.2, 0) is 16.1 Å². The Balaban J connectivity index is 0.00000225. The van der Waals surface area contributed by atoms with Gasteiger partial charge >= 0.3 is 0 Å². The summed E-state index contributed by atoms with van der Waals surface area (Å²) in [4.78, 5) is 17.0. The van der Waals surface area contributed by atoms with E-state index in [9.17, 15) is 4.79 Å². The van der Waals surface area contributed by atoms with Crippen LogP contribution in [-0.4, -0.2) is 41.8 Å². The molecule has 0 spiro atoms. The van der Waals surface area contributed by atoms with Crippen molar-refractivity contribution in [2.75, 3.05) is 25.5 Å². The fourth-order valence-corrected chi connectivity index (χ4v) is 3.20. The molecule has 1 aromatic carbocycles. The molecule has 2 N–H and O–H groups in total. The number of anilines is 1. The summed E-state index contributed by atoms with van der Waals surface area (Å²) in [6.07, 6.45) is 3.56. The molecule has 2 aromatic rings. The van der Waals surface area contributed by atoms with Crippen molar-refractivity contribution in [2.45, 2.75) is 43.8 Å². The normalized spacial score (nSPS) is 18.2. The van der Waals surface area contributed by atoms with Crippen LogP contribution in [0.4, 0.5) is 5.69 Å². The molecule has 0 unspecified atom stereocenters. The van der Waals surface area contributed by atoms with Gasteiger partial charge in [0.05, 0.1) is 0 Å². The van der Waals surface area contributed by atoms with Crippen molar-refractivity contribution in [3.05, 3.63) is 36.0 Å². The van der Waals surface area contributed by atoms with Gasteiger partial charge in [0.1, 0.15) is 11.4 Å². The van der Waals surface area contributed by atoms with Crippen LogP contribution in [0.15, 0.2) is 28.8 Å². The maximum absolute atomic E-state index is 12.7. The van der Waals surface area contributed by atoms with E-state index in [0.29, 0.717) is 41.9 Å². The lowest BCUT2D eigenvalue weighted by Gasteiger charge is -2.34. The number of carbonyl (C=O) groups is 1. The number of hydrogen-bond acceptors (Lipinski definition) is 7. The Morgan fingerprint density at radius 1 is 1.29 bits per heavy atom. The van der Waals surface area contributed by atoms with Crippen molar-refractivity contribution < 1.29 is 18.8 Å². The minimum Gasteiger partial charge on any atom is -0.485 e. The molecule has 1 aliphatic heterocycles. The quantitative estimate of drug-likeness (QED) is 0.726. The summed E-state index contributed by atoms with van der Waals surface area (Å²) >= 11 is 0. The summed E-state index contributed by atoms with van der Waals surface area (Å²) in [6, 6.07) is 7.23. The van der Waals surface area contributed by atoms with Gasteiger partial charge in [-0.3, -0.25) is 4.79 Å². The van der Waals surface area contributed by atoms with Gasteiger partial charge in [-0.2, -0.15) is 4.98 Å². The topological polar surface area (TPSA) is 98.5 Å². The third-order valence-electron chi connectivity index (χ3n) is 5.11. The number of halogens is 1. The second-order valence-corrected chi connectivity index (χ2v) is 7.04. The lowest BCUT2D eigenvalue weighted by molar-refractivity contribution is -0.140. The smallest absolute Gasteiger partial charge is 0.256 e. The van der Waals surface area contributed by atoms with Gasteiger partial charge < -0.3 is 24.6 Å². The predicted octanol–water partition coefficient (Wildman–Crippen LogP) is 2.65. The number of nitrogens with zero attached hydrogens (tertiary/aromatic N) is 2. The first-order chi connectivity index (χ1) is 13.2. The first kappa shape index (κ1) is 20.6. The molecule has 4 rings (SSSR count). The molecular weight excluding hydrogens is 384 g/mol. The number of methoxy groups -OCH3 is 1. The zero-order valence-corrected chi connectivity index (χ0v) is 16.6. The highest BCUT2D eigenvalue weighted by Crippen LogP contribution is 2.38. The maximum atomic E-state index is 12.7. The Morgan fingerprint density at radius 3 is 2.64 bits per heavy atom. The summed E-state index contributed by atoms with van der Waals surface area (Å²) in [7, 11) is 1.59. The van der Waals surface area contributed by atoms with Crippen LogP contribution in [0, 0.1) is 0 Å². The van der Waals surface area contributed by atoms with E-state index >= 15 is 0 Å². The number of ether oxygens (including phenoxy) is 2. The number of aromatic nitrogens is 2. The molecule has 152 valence electrons. The van der Waals surface area contributed by atoms with Crippen molar-refractivity contribution in [2.24, 2.45) is 0 Å². The summed E-state index contributed by atoms with van der Waals surface area (Å²) in [5.41, 5.74) is -0.0592. The fraction of sp³-hybridized carbons (Fsp3) is 0.526. The van der Waals surface area contributed by atoms with E-state index in [1.165, 1.54) is 0 Å². The largest absolute Gasteiger partial charge is 0.485 e. The second-order valence-electron chi connectivity index (χ2n) is 7.04. The van der Waals surface area contributed by atoms with E-state index in [1.807, 2.05) is 12.1 Å². The number of hydrogen-bond donors (Lipinski definition) is 2. The van der Waals surface area contributed by atoms with Crippen molar-refractivity contribution in [1.82, 2.24) is 15.5 Å². The van der Waals surface area contributed by atoms with Gasteiger partial charge in [-0.15, -0.1) is 12.4 Å². The van der Waals surface area contributed by atoms with Crippen molar-refractivity contribution >= 4 is 24.0 Å². The van der Waals surface area contributed by atoms with Crippen LogP contribution >= 0.6 is 12.4 Å². The molecule has 28 heavy (non-hydrogen) atoms. The first-order valence-electron chi connectivity index (χ1n) is 9.31. The third kappa shape index (κ3) is 4.63. The van der Waals surface area contributed by atoms with E-state index in [-0.39, 0.29) is 24.9 Å². The maximum Gasteiger partial charge on any atom is 0.256 e. The zero-order valence-electron chi connectivity index (χ0n) is 15.8. The van der Waals surface area contributed by atoms with Crippen LogP contribution in [0.3, 0.4) is 0 Å². The van der Waals surface area contributed by atoms with E-state index in [0.717, 1.165) is 25.9 Å². The molecule has 1 saturated carbocycles. The first-order valence-corrected chi connectivity index (χ1v) is 9.31. The minimum atomic E-state index is -0.766. The summed E-state index contributed by atoms with van der Waals surface area (Å²) < 4.78 is 16.5. The van der Waals surface area contributed by atoms with Gasteiger partial charge in [0.15, 0.2) is 6.61 Å². The van der Waals surface area contributed by atoms with Crippen molar-refractivity contribution in [1.29, 1.82) is 0 Å². The fourth-order valence-electron chi connectivity index (χ4n) is 3.20. The number of benzene rings is 1. The van der Waals surface area contributed by atoms with Gasteiger partial charge in [-0.1, -0.05) is 5.16 Å². The number of rotatable bonds is 7. The highest BCUT2D eigenvalue weighted by Gasteiger charge is 2.39. The van der Waals surface area contributed by atoms with Gasteiger partial charge in [0.25, 0.3) is 5.91 Å². The molecule has 2 aliphatic rings. The number of nitrogens with one attached hydrogen (secondary N) is 2. The number of piperidine rings is 1. The standard InChI is InChI=1S/C19H24N4O4.ClH/c1-25-19(8-10-20-11-9-19)18(24)21-14-4-6-15(7-5-14)26-12-16-22-17(27-23-16)13-2-3-13;/h4-7,13,20H,2-3,8-12H2,1H3,(H,21,24);1H. The van der Waals surface area contributed by atoms with Crippen LogP contribution in [0.5, 0.6) is 5.75 Å². The highest BCUT2D eigenvalue weighted by atomic mass is 35.5. The molecule has 1 amide bonds. The Hall–Kier alpha value is -2.16. The average Bonchev–Trinajstić information content (AvgIpc) is 3.46. The Kier molecular flexibility index (Phi) is 6.53. The van der Waals surface area contributed by atoms with E-state index < -0.39 is 5.60 Å². The summed E-state index contributed by atoms with van der Waals surface area (Å²) in [5.74, 6) is 2.25. The van der Waals surface area contributed by atoms with E-state index in [1.54, 1.807) is 19.2 Å². The number of carbonyl (C=O) groups excluding carboxylic acids is 1. The van der Waals surface area contributed by atoms with Crippen molar-refractivity contribution in [3.8, 4) is 5.75 Å². The van der Waals surface area contributed by atoms with Gasteiger partial charge in [-0.05, 0) is 63.0 Å². The third-order valence-corrected chi connectivity index (χ3v) is 5.11. The molecule has 1 aromatic heterocycles. The lowest BCUT2D eigenvalue weighted by atomic mass is 9.91. The monoisotopic (exact) mass is 408 g/mol. The Bertz CT molecular complexity index is 785. The highest BCUT2D eigenvalue weighted by molar-refractivity contribution is 5.97. The second kappa shape index (κ2) is 8.89. The van der Waals surface area contributed by atoms with Crippen LogP contribution in [0.25, 0.3) is 0 Å². The Morgan fingerprint density at radius 2 is 2.00 bits per heavy atom. The molecule has 2 heterocycles. The molecule has 1 aliphatic carbocycles. The van der Waals surface area contributed by atoms with Gasteiger partial charge in [0.2, 0.25) is 11.7 Å². The molecule has 0 bridgehead atoms. The zero-order chi connectivity index (χ0) is 18.7. The minimum absolute atomic E-state index is 0. The van der Waals surface area contributed by atoms with E-state index in [4.69, 9.17) is 14.0 Å². The average molecular weight is 409 g/mol. The summed E-state index contributed by atoms with van der Waals surface area (Å²) in [6.45, 7) is 1.79. The molecule has 0 radical (unpaired) electrons. The van der Waals surface area contributed by atoms with Gasteiger partial charge in [-0.25, -0.2) is 0 Å². The molecule has 9 heteroatoms. The van der Waals surface area contributed by atoms with Crippen LogP contribution < -0.4 is 15.4 Å². The molecule has 2 fully saturated rings. The predicted molar refractivity (Wildman–Crippen MR) is 105 cm³/mol. The van der Waals surface area contributed by atoms with Crippen LogP contribution in [0.2, 0.25) is 0 Å². The molecule has 0 atom stereocenters. The molecule has 8 nitrogen and oxygen atoms in total.